The third-order valence-corrected chi connectivity index (χ3v) is 4.35. The highest BCUT2D eigenvalue weighted by Crippen LogP contribution is 2.25. The molecule has 132 valence electrons. The normalized spacial score (nSPS) is 16.1. The molecule has 1 aliphatic rings. The van der Waals surface area contributed by atoms with Gasteiger partial charge in [0, 0.05) is 12.7 Å². The van der Waals surface area contributed by atoms with Gasteiger partial charge in [-0.05, 0) is 23.6 Å². The summed E-state index contributed by atoms with van der Waals surface area (Å²) >= 11 is 0. The molecule has 1 aromatic carbocycles. The Morgan fingerprint density at radius 2 is 2.12 bits per heavy atom. The van der Waals surface area contributed by atoms with Crippen molar-refractivity contribution in [1.29, 1.82) is 0 Å². The van der Waals surface area contributed by atoms with E-state index in [4.69, 9.17) is 9.84 Å². The Morgan fingerprint density at radius 1 is 1.23 bits per heavy atom. The molecule has 0 unspecified atom stereocenters. The number of nitrogens with one attached hydrogen (secondary N) is 1. The molecule has 0 aliphatic carbocycles. The van der Waals surface area contributed by atoms with Gasteiger partial charge in [-0.2, -0.15) is 15.3 Å². The second-order valence-electron chi connectivity index (χ2n) is 6.17. The fraction of sp³-hybridized carbons (Fsp3) is 0.263. The Labute approximate surface area is 151 Å². The minimum Gasteiger partial charge on any atom is -0.370 e. The summed E-state index contributed by atoms with van der Waals surface area (Å²) in [6.45, 7) is 1.72. The summed E-state index contributed by atoms with van der Waals surface area (Å²) in [5.41, 5.74) is 3.76. The maximum atomic E-state index is 12.2. The summed E-state index contributed by atoms with van der Waals surface area (Å²) in [6.07, 6.45) is 5.61. The Hall–Kier alpha value is -3.06. The number of rotatable bonds is 5. The predicted molar refractivity (Wildman–Crippen MR) is 94.5 cm³/mol. The molecule has 0 bridgehead atoms. The van der Waals surface area contributed by atoms with Gasteiger partial charge < -0.3 is 10.1 Å². The van der Waals surface area contributed by atoms with Gasteiger partial charge in [-0.3, -0.25) is 9.48 Å². The van der Waals surface area contributed by atoms with Crippen LogP contribution in [-0.4, -0.2) is 39.0 Å². The summed E-state index contributed by atoms with van der Waals surface area (Å²) in [5, 5.41) is 15.0. The van der Waals surface area contributed by atoms with Crippen LogP contribution in [0.2, 0.25) is 0 Å². The number of hydrogen-bond acceptors (Lipinski definition) is 5. The lowest BCUT2D eigenvalue weighted by Crippen LogP contribution is -2.32. The number of benzene rings is 1. The van der Waals surface area contributed by atoms with Crippen molar-refractivity contribution < 1.29 is 9.53 Å². The van der Waals surface area contributed by atoms with Crippen molar-refractivity contribution >= 4 is 5.91 Å². The maximum Gasteiger partial charge on any atom is 0.253 e. The fourth-order valence-corrected chi connectivity index (χ4v) is 3.05. The van der Waals surface area contributed by atoms with Crippen molar-refractivity contribution in [3.05, 3.63) is 77.4 Å². The second-order valence-corrected chi connectivity index (χ2v) is 6.17. The molecule has 1 atom stereocenters. The predicted octanol–water partition coefficient (Wildman–Crippen LogP) is 1.77. The smallest absolute Gasteiger partial charge is 0.253 e. The average Bonchev–Trinajstić information content (AvgIpc) is 3.10. The number of carbonyl (C=O) groups is 1. The highest BCUT2D eigenvalue weighted by Gasteiger charge is 2.25. The van der Waals surface area contributed by atoms with E-state index in [0.717, 1.165) is 18.7 Å². The largest absolute Gasteiger partial charge is 0.370 e. The zero-order valence-corrected chi connectivity index (χ0v) is 14.2. The number of hydrogen-bond donors (Lipinski definition) is 1. The second kappa shape index (κ2) is 7.45. The van der Waals surface area contributed by atoms with Crippen LogP contribution >= 0.6 is 0 Å². The molecule has 0 saturated heterocycles. The van der Waals surface area contributed by atoms with Gasteiger partial charge in [-0.15, -0.1) is 0 Å². The van der Waals surface area contributed by atoms with Gasteiger partial charge in [0.15, 0.2) is 0 Å². The Morgan fingerprint density at radius 3 is 2.92 bits per heavy atom. The number of ether oxygens (including phenoxy) is 1. The van der Waals surface area contributed by atoms with Gasteiger partial charge in [0.25, 0.3) is 5.91 Å². The van der Waals surface area contributed by atoms with Crippen LogP contribution in [0, 0.1) is 0 Å². The van der Waals surface area contributed by atoms with E-state index in [1.165, 1.54) is 23.5 Å². The Bertz CT molecular complexity index is 879. The molecule has 1 N–H and O–H groups in total. The molecule has 3 aromatic rings. The van der Waals surface area contributed by atoms with E-state index >= 15 is 0 Å². The van der Waals surface area contributed by atoms with E-state index in [-0.39, 0.29) is 12.0 Å². The zero-order valence-electron chi connectivity index (χ0n) is 14.2. The van der Waals surface area contributed by atoms with Gasteiger partial charge in [-0.1, -0.05) is 30.3 Å². The third kappa shape index (κ3) is 3.62. The molecular formula is C19H19N5O2. The molecule has 4 rings (SSSR count). The van der Waals surface area contributed by atoms with E-state index in [2.05, 4.69) is 33.8 Å². The first-order valence-corrected chi connectivity index (χ1v) is 8.56. The minimum atomic E-state index is -0.241. The van der Waals surface area contributed by atoms with Crippen LogP contribution < -0.4 is 5.32 Å². The molecule has 26 heavy (non-hydrogen) atoms. The number of fused-ring (bicyclic) bond motifs is 1. The fourth-order valence-electron chi connectivity index (χ4n) is 3.05. The molecule has 0 fully saturated rings. The summed E-state index contributed by atoms with van der Waals surface area (Å²) < 4.78 is 7.78. The Balaban J connectivity index is 1.44. The SMILES string of the molecule is O=C(NC[C@H]1OCCc2cn(Cc3ccccc3)nc21)c1ccnnc1. The van der Waals surface area contributed by atoms with Gasteiger partial charge in [0.2, 0.25) is 0 Å². The molecule has 2 aromatic heterocycles. The van der Waals surface area contributed by atoms with Crippen LogP contribution in [0.25, 0.3) is 0 Å². The lowest BCUT2D eigenvalue weighted by molar-refractivity contribution is 0.0383. The van der Waals surface area contributed by atoms with Gasteiger partial charge >= 0.3 is 0 Å². The van der Waals surface area contributed by atoms with Crippen LogP contribution in [0.1, 0.15) is 33.3 Å². The zero-order chi connectivity index (χ0) is 17.8. The molecule has 7 nitrogen and oxygen atoms in total. The van der Waals surface area contributed by atoms with Gasteiger partial charge in [0.05, 0.1) is 36.8 Å². The van der Waals surface area contributed by atoms with Gasteiger partial charge in [0.1, 0.15) is 6.10 Å². The summed E-state index contributed by atoms with van der Waals surface area (Å²) in [5.74, 6) is -0.195. The van der Waals surface area contributed by atoms with Crippen molar-refractivity contribution in [3.8, 4) is 0 Å². The molecule has 0 spiro atoms. The van der Waals surface area contributed by atoms with E-state index in [0.29, 0.717) is 18.7 Å². The monoisotopic (exact) mass is 349 g/mol. The third-order valence-electron chi connectivity index (χ3n) is 4.35. The lowest BCUT2D eigenvalue weighted by Gasteiger charge is -2.22. The van der Waals surface area contributed by atoms with E-state index in [1.54, 1.807) is 6.07 Å². The minimum absolute atomic E-state index is 0.195. The van der Waals surface area contributed by atoms with Crippen molar-refractivity contribution in [3.63, 3.8) is 0 Å². The van der Waals surface area contributed by atoms with Crippen LogP contribution in [0.3, 0.4) is 0 Å². The Kier molecular flexibility index (Phi) is 4.70. The van der Waals surface area contributed by atoms with E-state index < -0.39 is 0 Å². The highest BCUT2D eigenvalue weighted by atomic mass is 16.5. The van der Waals surface area contributed by atoms with Crippen LogP contribution in [0.5, 0.6) is 0 Å². The molecule has 7 heteroatoms. The summed E-state index contributed by atoms with van der Waals surface area (Å²) in [6, 6.07) is 11.8. The highest BCUT2D eigenvalue weighted by molar-refractivity contribution is 5.93. The molecule has 3 heterocycles. The van der Waals surface area contributed by atoms with E-state index in [1.807, 2.05) is 22.9 Å². The average molecular weight is 349 g/mol. The summed E-state index contributed by atoms with van der Waals surface area (Å²) in [7, 11) is 0. The molecule has 0 radical (unpaired) electrons. The van der Waals surface area contributed by atoms with Crippen molar-refractivity contribution in [1.82, 2.24) is 25.3 Å². The maximum absolute atomic E-state index is 12.2. The molecule has 1 amide bonds. The molecule has 1 aliphatic heterocycles. The van der Waals surface area contributed by atoms with Crippen LogP contribution in [0.4, 0.5) is 0 Å². The number of nitrogens with zero attached hydrogens (tertiary/aromatic N) is 4. The number of amides is 1. The first kappa shape index (κ1) is 16.4. The van der Waals surface area contributed by atoms with Crippen molar-refractivity contribution in [2.24, 2.45) is 0 Å². The lowest BCUT2D eigenvalue weighted by atomic mass is 10.1. The van der Waals surface area contributed by atoms with Crippen molar-refractivity contribution in [2.75, 3.05) is 13.2 Å². The van der Waals surface area contributed by atoms with Gasteiger partial charge in [-0.25, -0.2) is 0 Å². The molecule has 0 saturated carbocycles. The standard InChI is InChI=1S/C19H19N5O2/c25-19(15-6-8-21-22-10-15)20-11-17-18-16(7-9-26-17)13-24(23-18)12-14-4-2-1-3-5-14/h1-6,8,10,13,17H,7,9,11-12H2,(H,20,25)/t17-/m1/s1. The number of carbonyl (C=O) groups excluding carboxylic acids is 1. The first-order valence-electron chi connectivity index (χ1n) is 8.56. The van der Waals surface area contributed by atoms with Crippen LogP contribution in [-0.2, 0) is 17.7 Å². The summed E-state index contributed by atoms with van der Waals surface area (Å²) in [4.78, 5) is 12.2. The van der Waals surface area contributed by atoms with Crippen molar-refractivity contribution in [2.45, 2.75) is 19.1 Å². The van der Waals surface area contributed by atoms with Crippen LogP contribution in [0.15, 0.2) is 55.0 Å². The number of aromatic nitrogens is 4. The molecular weight excluding hydrogens is 330 g/mol. The first-order chi connectivity index (χ1) is 12.8. The quantitative estimate of drug-likeness (QED) is 0.759. The topological polar surface area (TPSA) is 81.9 Å². The van der Waals surface area contributed by atoms with E-state index in [9.17, 15) is 4.79 Å².